The zero-order chi connectivity index (χ0) is 29.6. The molecule has 0 radical (unpaired) electrons. The van der Waals surface area contributed by atoms with Gasteiger partial charge in [-0.1, -0.05) is 152 Å². The van der Waals surface area contributed by atoms with Crippen LogP contribution in [0.5, 0.6) is 5.75 Å². The molecule has 0 bridgehead atoms. The second kappa shape index (κ2) is 10.6. The summed E-state index contributed by atoms with van der Waals surface area (Å²) in [5, 5.41) is 19.2. The van der Waals surface area contributed by atoms with Crippen LogP contribution >= 0.6 is 0 Å². The van der Waals surface area contributed by atoms with Crippen molar-refractivity contribution in [2.45, 2.75) is 6.92 Å². The van der Waals surface area contributed by atoms with Crippen LogP contribution in [0.25, 0.3) is 76.8 Å². The van der Waals surface area contributed by atoms with Crippen molar-refractivity contribution in [1.29, 1.82) is 0 Å². The molecule has 8 aromatic carbocycles. The van der Waals surface area contributed by atoms with Crippen molar-refractivity contribution in [3.05, 3.63) is 163 Å². The molecule has 0 atom stereocenters. The molecule has 1 N–H and O–H groups in total. The van der Waals surface area contributed by atoms with Gasteiger partial charge in [0.1, 0.15) is 5.75 Å². The number of rotatable bonds is 4. The van der Waals surface area contributed by atoms with Gasteiger partial charge in [-0.05, 0) is 84.3 Å². The van der Waals surface area contributed by atoms with Crippen molar-refractivity contribution in [2.75, 3.05) is 0 Å². The fourth-order valence-electron chi connectivity index (χ4n) is 6.78. The molecule has 0 saturated carbocycles. The lowest BCUT2D eigenvalue weighted by molar-refractivity contribution is 0.479. The van der Waals surface area contributed by atoms with Crippen molar-refractivity contribution < 1.29 is 5.11 Å². The summed E-state index contributed by atoms with van der Waals surface area (Å²) in [6.45, 7) is 2.16. The molecule has 0 aliphatic rings. The van der Waals surface area contributed by atoms with Gasteiger partial charge in [-0.25, -0.2) is 0 Å². The van der Waals surface area contributed by atoms with E-state index in [4.69, 9.17) is 0 Å². The Labute approximate surface area is 257 Å². The molecule has 8 aromatic rings. The lowest BCUT2D eigenvalue weighted by Gasteiger charge is -2.16. The van der Waals surface area contributed by atoms with E-state index in [1.165, 1.54) is 49.0 Å². The maximum Gasteiger partial charge on any atom is 0.131 e. The number of benzene rings is 8. The summed E-state index contributed by atoms with van der Waals surface area (Å²) < 4.78 is 0. The Morgan fingerprint density at radius 1 is 0.318 bits per heavy atom. The Morgan fingerprint density at radius 2 is 0.773 bits per heavy atom. The average molecular weight is 563 g/mol. The monoisotopic (exact) mass is 562 g/mol. The van der Waals surface area contributed by atoms with Crippen LogP contribution in [0.15, 0.2) is 158 Å². The number of hydrogen-bond donors (Lipinski definition) is 1. The van der Waals surface area contributed by atoms with E-state index in [-0.39, 0.29) is 0 Å². The van der Waals surface area contributed by atoms with E-state index in [9.17, 15) is 5.11 Å². The van der Waals surface area contributed by atoms with Crippen LogP contribution in [0.3, 0.4) is 0 Å². The summed E-state index contributed by atoms with van der Waals surface area (Å²) in [4.78, 5) is 0. The summed E-state index contributed by atoms with van der Waals surface area (Å²) in [6, 6.07) is 55.4. The summed E-state index contributed by atoms with van der Waals surface area (Å²) >= 11 is 0. The molecule has 1 heteroatoms. The van der Waals surface area contributed by atoms with E-state index in [0.717, 1.165) is 33.4 Å². The van der Waals surface area contributed by atoms with Gasteiger partial charge >= 0.3 is 0 Å². The normalized spacial score (nSPS) is 11.4. The molecule has 0 aliphatic carbocycles. The smallest absolute Gasteiger partial charge is 0.131 e. The lowest BCUT2D eigenvalue weighted by Crippen LogP contribution is -1.91. The van der Waals surface area contributed by atoms with Gasteiger partial charge in [-0.3, -0.25) is 0 Å². The molecule has 44 heavy (non-hydrogen) atoms. The van der Waals surface area contributed by atoms with Crippen LogP contribution in [0.1, 0.15) is 5.56 Å². The summed E-state index contributed by atoms with van der Waals surface area (Å²) in [6.07, 6.45) is 0. The topological polar surface area (TPSA) is 20.2 Å². The van der Waals surface area contributed by atoms with Crippen LogP contribution in [-0.4, -0.2) is 5.11 Å². The van der Waals surface area contributed by atoms with Crippen molar-refractivity contribution in [3.63, 3.8) is 0 Å². The number of phenols is 1. The van der Waals surface area contributed by atoms with Gasteiger partial charge < -0.3 is 5.11 Å². The SMILES string of the molecule is Cc1c(-c2ccc3c4ccccc4c4ccccc4c3c2)cccc1-c1cccc(-c2ccc(-c3ccccc3)cc2)c1O. The highest BCUT2D eigenvalue weighted by atomic mass is 16.3. The molecule has 0 saturated heterocycles. The minimum Gasteiger partial charge on any atom is -0.507 e. The molecular weight excluding hydrogens is 532 g/mol. The predicted octanol–water partition coefficient (Wildman–Crippen LogP) is 11.8. The van der Waals surface area contributed by atoms with Crippen LogP contribution < -0.4 is 0 Å². The maximum absolute atomic E-state index is 11.6. The Hall–Kier alpha value is -5.66. The summed E-state index contributed by atoms with van der Waals surface area (Å²) in [5.74, 6) is 0.302. The number of phenolic OH excluding ortho intramolecular Hbond substituents is 1. The van der Waals surface area contributed by atoms with E-state index >= 15 is 0 Å². The van der Waals surface area contributed by atoms with E-state index < -0.39 is 0 Å². The molecule has 0 aromatic heterocycles. The molecule has 0 aliphatic heterocycles. The van der Waals surface area contributed by atoms with Gasteiger partial charge in [0.2, 0.25) is 0 Å². The zero-order valence-electron chi connectivity index (χ0n) is 24.5. The van der Waals surface area contributed by atoms with Gasteiger partial charge in [0.25, 0.3) is 0 Å². The number of aromatic hydroxyl groups is 1. The third-order valence-electron chi connectivity index (χ3n) is 9.02. The van der Waals surface area contributed by atoms with E-state index in [2.05, 4.69) is 140 Å². The van der Waals surface area contributed by atoms with Crippen LogP contribution in [0.4, 0.5) is 0 Å². The highest BCUT2D eigenvalue weighted by Crippen LogP contribution is 2.43. The van der Waals surface area contributed by atoms with Crippen molar-refractivity contribution in [3.8, 4) is 50.3 Å². The van der Waals surface area contributed by atoms with E-state index in [1.807, 2.05) is 24.3 Å². The first-order chi connectivity index (χ1) is 21.7. The van der Waals surface area contributed by atoms with Crippen molar-refractivity contribution >= 4 is 32.3 Å². The number of para-hydroxylation sites is 1. The van der Waals surface area contributed by atoms with Crippen LogP contribution in [-0.2, 0) is 0 Å². The highest BCUT2D eigenvalue weighted by molar-refractivity contribution is 6.25. The number of hydrogen-bond acceptors (Lipinski definition) is 1. The third kappa shape index (κ3) is 4.25. The molecule has 208 valence electrons. The van der Waals surface area contributed by atoms with Gasteiger partial charge in [-0.15, -0.1) is 0 Å². The maximum atomic E-state index is 11.6. The first-order valence-electron chi connectivity index (χ1n) is 15.1. The second-order valence-electron chi connectivity index (χ2n) is 11.5. The molecule has 0 heterocycles. The average Bonchev–Trinajstić information content (AvgIpc) is 3.09. The van der Waals surface area contributed by atoms with Crippen molar-refractivity contribution in [1.82, 2.24) is 0 Å². The lowest BCUT2D eigenvalue weighted by atomic mass is 9.88. The second-order valence-corrected chi connectivity index (χ2v) is 11.5. The zero-order valence-corrected chi connectivity index (χ0v) is 24.5. The number of fused-ring (bicyclic) bond motifs is 6. The molecule has 0 unspecified atom stereocenters. The largest absolute Gasteiger partial charge is 0.507 e. The van der Waals surface area contributed by atoms with E-state index in [1.54, 1.807) is 0 Å². The first kappa shape index (κ1) is 26.0. The minimum absolute atomic E-state index is 0.302. The first-order valence-corrected chi connectivity index (χ1v) is 15.1. The molecule has 8 rings (SSSR count). The van der Waals surface area contributed by atoms with Crippen LogP contribution in [0.2, 0.25) is 0 Å². The Morgan fingerprint density at radius 3 is 1.43 bits per heavy atom. The fraction of sp³-hybridized carbons (Fsp3) is 0.0233. The van der Waals surface area contributed by atoms with Gasteiger partial charge in [0.15, 0.2) is 0 Å². The van der Waals surface area contributed by atoms with Crippen LogP contribution in [0, 0.1) is 6.92 Å². The highest BCUT2D eigenvalue weighted by Gasteiger charge is 2.16. The standard InChI is InChI=1S/C43H30O/c1-28-33(32-25-26-40-38-15-6-5-13-36(38)37-14-7-8-16-39(37)42(40)27-32)17-9-18-34(28)41-20-10-19-35(43(41)44)31-23-21-30(22-24-31)29-11-3-2-4-12-29/h2-27,44H,1H3. The molecule has 0 amide bonds. The van der Waals surface area contributed by atoms with Crippen molar-refractivity contribution in [2.24, 2.45) is 0 Å². The Balaban J connectivity index is 1.23. The van der Waals surface area contributed by atoms with Gasteiger partial charge in [0, 0.05) is 11.1 Å². The summed E-state index contributed by atoms with van der Waals surface area (Å²) in [7, 11) is 0. The molecule has 1 nitrogen and oxygen atoms in total. The molecule has 0 fully saturated rings. The molecule has 0 spiro atoms. The Kier molecular flexibility index (Phi) is 6.24. The fourth-order valence-corrected chi connectivity index (χ4v) is 6.78. The predicted molar refractivity (Wildman–Crippen MR) is 187 cm³/mol. The van der Waals surface area contributed by atoms with Gasteiger partial charge in [-0.2, -0.15) is 0 Å². The van der Waals surface area contributed by atoms with Gasteiger partial charge in [0.05, 0.1) is 0 Å². The molecular formula is C43H30O. The minimum atomic E-state index is 0.302. The quantitative estimate of drug-likeness (QED) is 0.212. The Bertz CT molecular complexity index is 2290. The van der Waals surface area contributed by atoms with E-state index in [0.29, 0.717) is 5.75 Å². The summed E-state index contributed by atoms with van der Waals surface area (Å²) in [5.41, 5.74) is 9.51. The third-order valence-corrected chi connectivity index (χ3v) is 9.02.